The van der Waals surface area contributed by atoms with Crippen LogP contribution in [0, 0.1) is 34.9 Å². The van der Waals surface area contributed by atoms with Crippen molar-refractivity contribution in [2.75, 3.05) is 9.80 Å². The normalized spacial score (nSPS) is 29.1. The Kier molecular flexibility index (Phi) is 6.61. The third-order valence-electron chi connectivity index (χ3n) is 9.91. The molecule has 2 aliphatic carbocycles. The van der Waals surface area contributed by atoms with E-state index in [4.69, 9.17) is 16.0 Å². The second-order valence-electron chi connectivity index (χ2n) is 12.1. The maximum atomic E-state index is 14.3. The molecule has 0 unspecified atom stereocenters. The summed E-state index contributed by atoms with van der Waals surface area (Å²) >= 11 is 6.02. The molecule has 7 rings (SSSR count). The molecule has 1 aromatic heterocycles. The van der Waals surface area contributed by atoms with Crippen molar-refractivity contribution in [1.82, 2.24) is 0 Å². The minimum absolute atomic E-state index is 0.0750. The van der Waals surface area contributed by atoms with Gasteiger partial charge in [0.25, 0.3) is 0 Å². The van der Waals surface area contributed by atoms with Crippen LogP contribution in [0.2, 0.25) is 5.02 Å². The lowest BCUT2D eigenvalue weighted by Gasteiger charge is -2.48. The Balaban J connectivity index is 1.34. The SMILES string of the molecule is C[C@@]12C(=O)N(c3ccc(F)c(Cl)c3)C(=O)[C@@H]1C[C@@H]1C(=CC[C@@H]3C(=O)N(c4cccc(C(=O)O)c4)C(=O)[C@@H]31)[C@@H]2c1ccc(CO)o1. The fourth-order valence-corrected chi connectivity index (χ4v) is 8.03. The molecule has 12 heteroatoms. The fraction of sp³-hybridized carbons (Fsp3) is 0.303. The largest absolute Gasteiger partial charge is 0.478 e. The molecule has 0 radical (unpaired) electrons. The first-order chi connectivity index (χ1) is 21.5. The highest BCUT2D eigenvalue weighted by Gasteiger charge is 2.68. The number of carbonyl (C=O) groups excluding carboxylic acids is 4. The van der Waals surface area contributed by atoms with Crippen LogP contribution in [-0.2, 0) is 25.8 Å². The topological polar surface area (TPSA) is 145 Å². The summed E-state index contributed by atoms with van der Waals surface area (Å²) in [5.74, 6) is -7.46. The number of allylic oxidation sites excluding steroid dienone is 2. The Morgan fingerprint density at radius 3 is 2.44 bits per heavy atom. The van der Waals surface area contributed by atoms with Gasteiger partial charge in [0.2, 0.25) is 23.6 Å². The van der Waals surface area contributed by atoms with Gasteiger partial charge in [-0.05, 0) is 74.2 Å². The number of imide groups is 2. The van der Waals surface area contributed by atoms with E-state index in [1.807, 2.05) is 6.08 Å². The molecule has 1 saturated carbocycles. The molecule has 2 N–H and O–H groups in total. The van der Waals surface area contributed by atoms with Crippen LogP contribution in [0.3, 0.4) is 0 Å². The van der Waals surface area contributed by atoms with E-state index in [0.717, 1.165) is 15.9 Å². The van der Waals surface area contributed by atoms with Crippen molar-refractivity contribution in [1.29, 1.82) is 0 Å². The molecular weight excluding hydrogens is 607 g/mol. The van der Waals surface area contributed by atoms with Gasteiger partial charge in [-0.25, -0.2) is 14.1 Å². The van der Waals surface area contributed by atoms with Gasteiger partial charge in [-0.15, -0.1) is 0 Å². The average Bonchev–Trinajstić information content (AvgIpc) is 3.65. The van der Waals surface area contributed by atoms with Crippen molar-refractivity contribution >= 4 is 52.6 Å². The molecule has 230 valence electrons. The smallest absolute Gasteiger partial charge is 0.335 e. The van der Waals surface area contributed by atoms with Crippen molar-refractivity contribution in [2.24, 2.45) is 29.1 Å². The number of carbonyl (C=O) groups is 5. The number of anilines is 2. The van der Waals surface area contributed by atoms with Crippen LogP contribution in [-0.4, -0.2) is 39.8 Å². The first-order valence-corrected chi connectivity index (χ1v) is 14.8. The molecule has 2 saturated heterocycles. The molecular formula is C33H26ClFN2O8. The van der Waals surface area contributed by atoms with Crippen LogP contribution in [0.5, 0.6) is 0 Å². The minimum atomic E-state index is -1.39. The summed E-state index contributed by atoms with van der Waals surface area (Å²) < 4.78 is 20.0. The third kappa shape index (κ3) is 4.07. The zero-order chi connectivity index (χ0) is 31.9. The van der Waals surface area contributed by atoms with Gasteiger partial charge < -0.3 is 14.6 Å². The van der Waals surface area contributed by atoms with E-state index in [1.165, 1.54) is 36.4 Å². The number of hydrogen-bond donors (Lipinski definition) is 2. The van der Waals surface area contributed by atoms with Crippen molar-refractivity contribution < 1.29 is 43.0 Å². The summed E-state index contributed by atoms with van der Waals surface area (Å²) in [6.07, 6.45) is 2.10. The highest BCUT2D eigenvalue weighted by Crippen LogP contribution is 2.63. The lowest BCUT2D eigenvalue weighted by molar-refractivity contribution is -0.131. The maximum absolute atomic E-state index is 14.3. The molecule has 3 fully saturated rings. The van der Waals surface area contributed by atoms with Crippen LogP contribution in [0.15, 0.2) is 70.7 Å². The summed E-state index contributed by atoms with van der Waals surface area (Å²) in [4.78, 5) is 70.0. The van der Waals surface area contributed by atoms with Gasteiger partial charge in [0, 0.05) is 0 Å². The van der Waals surface area contributed by atoms with Gasteiger partial charge >= 0.3 is 5.97 Å². The summed E-state index contributed by atoms with van der Waals surface area (Å²) in [5, 5.41) is 19.0. The van der Waals surface area contributed by atoms with E-state index in [1.54, 1.807) is 19.1 Å². The maximum Gasteiger partial charge on any atom is 0.335 e. The van der Waals surface area contributed by atoms with Gasteiger partial charge in [0.05, 0.1) is 51.0 Å². The number of fused-ring (bicyclic) bond motifs is 4. The van der Waals surface area contributed by atoms with Gasteiger partial charge in [-0.3, -0.25) is 24.1 Å². The van der Waals surface area contributed by atoms with Crippen LogP contribution in [0.1, 0.15) is 47.6 Å². The van der Waals surface area contributed by atoms with Crippen LogP contribution in [0.25, 0.3) is 0 Å². The number of nitrogens with zero attached hydrogens (tertiary/aromatic N) is 2. The fourth-order valence-electron chi connectivity index (χ4n) is 7.85. The number of carboxylic acids is 1. The molecule has 3 heterocycles. The Bertz CT molecular complexity index is 1870. The van der Waals surface area contributed by atoms with Gasteiger partial charge in [0.1, 0.15) is 23.9 Å². The van der Waals surface area contributed by atoms with E-state index < -0.39 is 77.0 Å². The predicted octanol–water partition coefficient (Wildman–Crippen LogP) is 4.70. The summed E-state index contributed by atoms with van der Waals surface area (Å²) in [7, 11) is 0. The molecule has 10 nitrogen and oxygen atoms in total. The van der Waals surface area contributed by atoms with Crippen molar-refractivity contribution in [3.63, 3.8) is 0 Å². The van der Waals surface area contributed by atoms with Crippen LogP contribution >= 0.6 is 11.6 Å². The Morgan fingerprint density at radius 2 is 1.76 bits per heavy atom. The first kappa shape index (κ1) is 29.1. The molecule has 6 atom stereocenters. The number of aliphatic hydroxyl groups is 1. The van der Waals surface area contributed by atoms with Crippen LogP contribution < -0.4 is 9.80 Å². The average molecular weight is 633 g/mol. The van der Waals surface area contributed by atoms with Gasteiger partial charge in [-0.1, -0.05) is 29.3 Å². The van der Waals surface area contributed by atoms with Crippen molar-refractivity contribution in [3.05, 3.63) is 94.2 Å². The van der Waals surface area contributed by atoms with Crippen molar-refractivity contribution in [2.45, 2.75) is 32.3 Å². The van der Waals surface area contributed by atoms with Gasteiger partial charge in [0.15, 0.2) is 0 Å². The number of hydrogen-bond acceptors (Lipinski definition) is 7. The second-order valence-corrected chi connectivity index (χ2v) is 12.5. The van der Waals surface area contributed by atoms with E-state index in [2.05, 4.69) is 0 Å². The summed E-state index contributed by atoms with van der Waals surface area (Å²) in [5.41, 5.74) is -0.547. The molecule has 3 aromatic rings. The minimum Gasteiger partial charge on any atom is -0.478 e. The predicted molar refractivity (Wildman–Crippen MR) is 157 cm³/mol. The first-order valence-electron chi connectivity index (χ1n) is 14.4. The van der Waals surface area contributed by atoms with E-state index >= 15 is 0 Å². The summed E-state index contributed by atoms with van der Waals surface area (Å²) in [6.45, 7) is 1.27. The van der Waals surface area contributed by atoms with E-state index in [-0.39, 0.29) is 40.6 Å². The zero-order valence-corrected chi connectivity index (χ0v) is 24.5. The zero-order valence-electron chi connectivity index (χ0n) is 23.8. The van der Waals surface area contributed by atoms with Crippen LogP contribution in [0.4, 0.5) is 15.8 Å². The molecule has 2 aromatic carbocycles. The molecule has 4 aliphatic rings. The standard InChI is InChI=1S/C33H26ClFN2O8/c1-33-22(29(40)37(32(33)44)17-5-9-24(35)23(34)12-17)13-21-19(27(33)25-10-6-18(14-38)45-25)7-8-20-26(21)30(41)36(28(20)39)16-4-2-3-15(11-16)31(42)43/h2-7,9-12,20-22,26-27,38H,8,13-14H2,1H3,(H,42,43)/t20-,21+,22-,26-,27+,33+/m0/s1. The Morgan fingerprint density at radius 1 is 1.00 bits per heavy atom. The lowest BCUT2D eigenvalue weighted by atomic mass is 9.52. The summed E-state index contributed by atoms with van der Waals surface area (Å²) in [6, 6.07) is 12.4. The molecule has 0 spiro atoms. The molecule has 0 bridgehead atoms. The highest BCUT2D eigenvalue weighted by molar-refractivity contribution is 6.32. The number of benzene rings is 2. The second kappa shape index (κ2) is 10.2. The lowest BCUT2D eigenvalue weighted by Crippen LogP contribution is -2.48. The van der Waals surface area contributed by atoms with E-state index in [0.29, 0.717) is 11.3 Å². The molecule has 2 aliphatic heterocycles. The third-order valence-corrected chi connectivity index (χ3v) is 10.2. The quantitative estimate of drug-likeness (QED) is 0.304. The van der Waals surface area contributed by atoms with E-state index in [9.17, 15) is 38.6 Å². The number of furan rings is 1. The Hall–Kier alpha value is -4.61. The number of rotatable bonds is 5. The number of amides is 4. The number of carboxylic acid groups (broad SMARTS) is 1. The van der Waals surface area contributed by atoms with Gasteiger partial charge in [-0.2, -0.15) is 0 Å². The number of aliphatic hydroxyl groups excluding tert-OH is 1. The molecule has 4 amide bonds. The Labute approximate surface area is 260 Å². The monoisotopic (exact) mass is 632 g/mol. The highest BCUT2D eigenvalue weighted by atomic mass is 35.5. The van der Waals surface area contributed by atoms with Crippen molar-refractivity contribution in [3.8, 4) is 0 Å². The number of halogens is 2. The molecule has 45 heavy (non-hydrogen) atoms. The number of aromatic carboxylic acids is 1.